The Labute approximate surface area is 166 Å². The predicted octanol–water partition coefficient (Wildman–Crippen LogP) is 2.14. The molecule has 2 fully saturated rings. The molecule has 6 nitrogen and oxygen atoms in total. The van der Waals surface area contributed by atoms with E-state index in [2.05, 4.69) is 23.6 Å². The van der Waals surface area contributed by atoms with E-state index in [4.69, 9.17) is 29.4 Å². The Bertz CT molecular complexity index is 258. The van der Waals surface area contributed by atoms with Crippen LogP contribution in [0.2, 0.25) is 0 Å². The molecule has 0 bridgehead atoms. The predicted molar refractivity (Wildman–Crippen MR) is 106 cm³/mol. The van der Waals surface area contributed by atoms with Crippen LogP contribution in [-0.4, -0.2) is 53.3 Å². The SMILES string of the molecule is C1CCCCC1.C1CCCCC1.OP(O)(O)=S.OP(O)(O)=S.[SnH2]. The van der Waals surface area contributed by atoms with Crippen molar-refractivity contribution >= 4 is 61.0 Å². The van der Waals surface area contributed by atoms with Gasteiger partial charge in [0, 0.05) is 0 Å². The molecule has 11 heteroatoms. The van der Waals surface area contributed by atoms with Crippen LogP contribution in [0.3, 0.4) is 0 Å². The number of hydrogen-bond acceptors (Lipinski definition) is 2. The van der Waals surface area contributed by atoms with Crippen LogP contribution in [-0.2, 0) is 23.6 Å². The van der Waals surface area contributed by atoms with E-state index in [0.717, 1.165) is 0 Å². The summed E-state index contributed by atoms with van der Waals surface area (Å²) < 4.78 is 0. The van der Waals surface area contributed by atoms with Crippen molar-refractivity contribution < 1.29 is 29.4 Å². The maximum atomic E-state index is 7.56. The molecule has 0 aliphatic heterocycles. The maximum absolute atomic E-state index is 7.56. The molecular weight excluding hydrogens is 485 g/mol. The molecule has 0 aromatic heterocycles. The van der Waals surface area contributed by atoms with E-state index >= 15 is 0 Å². The van der Waals surface area contributed by atoms with Crippen molar-refractivity contribution in [2.75, 3.05) is 0 Å². The summed E-state index contributed by atoms with van der Waals surface area (Å²) in [6, 6.07) is 0. The van der Waals surface area contributed by atoms with Gasteiger partial charge in [0.05, 0.1) is 0 Å². The molecule has 0 amide bonds. The first kappa shape index (κ1) is 29.6. The van der Waals surface area contributed by atoms with Gasteiger partial charge in [0.15, 0.2) is 0 Å². The second-order valence-electron chi connectivity index (χ2n) is 5.27. The quantitative estimate of drug-likeness (QED) is 0.214. The van der Waals surface area contributed by atoms with Crippen LogP contribution in [0.15, 0.2) is 0 Å². The number of rotatable bonds is 0. The molecule has 2 radical (unpaired) electrons. The molecule has 0 aromatic carbocycles. The van der Waals surface area contributed by atoms with Gasteiger partial charge in [-0.25, -0.2) is 0 Å². The van der Waals surface area contributed by atoms with Crippen molar-refractivity contribution in [3.8, 4) is 0 Å². The molecule has 0 aromatic rings. The fourth-order valence-corrected chi connectivity index (χ4v) is 2.12. The van der Waals surface area contributed by atoms with Crippen LogP contribution in [0.4, 0.5) is 0 Å². The normalized spacial score (nSPS) is 17.7. The number of hydrogen-bond donors (Lipinski definition) is 6. The molecule has 0 unspecified atom stereocenters. The van der Waals surface area contributed by atoms with Gasteiger partial charge >= 0.3 is 37.3 Å². The van der Waals surface area contributed by atoms with E-state index < -0.39 is 13.4 Å². The van der Waals surface area contributed by atoms with Gasteiger partial charge in [-0.15, -0.1) is 0 Å². The summed E-state index contributed by atoms with van der Waals surface area (Å²) in [4.78, 5) is 45.3. The molecule has 0 saturated heterocycles. The Morgan fingerprint density at radius 2 is 0.435 bits per heavy atom. The standard InChI is InChI=1S/2C6H12.2H3O3PS.Sn.2H/c2*1-2-4-6-5-3-1;2*1-4(2,3)5;;;/h2*1-6H2;2*(H3,1,2,3,5);;;. The fourth-order valence-electron chi connectivity index (χ4n) is 2.12. The Morgan fingerprint density at radius 1 is 0.391 bits per heavy atom. The van der Waals surface area contributed by atoms with Gasteiger partial charge in [0.2, 0.25) is 0 Å². The third-order valence-electron chi connectivity index (χ3n) is 3.00. The van der Waals surface area contributed by atoms with Crippen LogP contribution < -0.4 is 0 Å². The third-order valence-corrected chi connectivity index (χ3v) is 3.00. The summed E-state index contributed by atoms with van der Waals surface area (Å²) in [6.45, 7) is -7.61. The van der Waals surface area contributed by atoms with Crippen LogP contribution in [0.25, 0.3) is 0 Å². The average molecular weight is 517 g/mol. The summed E-state index contributed by atoms with van der Waals surface area (Å²) in [7, 11) is 0. The summed E-state index contributed by atoms with van der Waals surface area (Å²) >= 11 is 7.21. The van der Waals surface area contributed by atoms with E-state index in [1.54, 1.807) is 0 Å². The fraction of sp³-hybridized carbons (Fsp3) is 1.00. The van der Waals surface area contributed by atoms with E-state index in [0.29, 0.717) is 0 Å². The van der Waals surface area contributed by atoms with Crippen LogP contribution in [0, 0.1) is 0 Å². The van der Waals surface area contributed by atoms with Gasteiger partial charge in [-0.3, -0.25) is 0 Å². The first-order valence-electron chi connectivity index (χ1n) is 7.57. The average Bonchev–Trinajstić information content (AvgIpc) is 2.40. The van der Waals surface area contributed by atoms with E-state index in [1.165, 1.54) is 77.0 Å². The summed E-state index contributed by atoms with van der Waals surface area (Å²) in [5.41, 5.74) is 0. The van der Waals surface area contributed by atoms with Gasteiger partial charge in [-0.1, -0.05) is 77.0 Å². The molecule has 2 saturated carbocycles. The Morgan fingerprint density at radius 3 is 0.478 bits per heavy atom. The second kappa shape index (κ2) is 18.6. The van der Waals surface area contributed by atoms with Gasteiger partial charge in [0.25, 0.3) is 0 Å². The Kier molecular flexibility index (Phi) is 24.0. The summed E-state index contributed by atoms with van der Waals surface area (Å²) in [5.74, 6) is 0. The molecule has 142 valence electrons. The van der Waals surface area contributed by atoms with Crippen LogP contribution in [0.5, 0.6) is 0 Å². The molecule has 23 heavy (non-hydrogen) atoms. The monoisotopic (exact) mass is 518 g/mol. The van der Waals surface area contributed by atoms with Gasteiger partial charge < -0.3 is 29.4 Å². The van der Waals surface area contributed by atoms with Crippen molar-refractivity contribution in [3.63, 3.8) is 0 Å². The molecule has 2 aliphatic carbocycles. The first-order chi connectivity index (χ1) is 10.0. The molecule has 2 aliphatic rings. The van der Waals surface area contributed by atoms with E-state index in [1.807, 2.05) is 0 Å². The molecule has 0 spiro atoms. The van der Waals surface area contributed by atoms with Crippen LogP contribution in [0.1, 0.15) is 77.0 Å². The van der Waals surface area contributed by atoms with Crippen molar-refractivity contribution in [3.05, 3.63) is 0 Å². The van der Waals surface area contributed by atoms with Crippen molar-refractivity contribution in [2.45, 2.75) is 77.0 Å². The second-order valence-corrected chi connectivity index (χ2v) is 10.3. The van der Waals surface area contributed by atoms with E-state index in [9.17, 15) is 0 Å². The third kappa shape index (κ3) is 59.4. The molecule has 6 N–H and O–H groups in total. The zero-order valence-corrected chi connectivity index (χ0v) is 21.0. The van der Waals surface area contributed by atoms with Crippen LogP contribution >= 0.6 is 13.4 Å². The molecule has 0 atom stereocenters. The van der Waals surface area contributed by atoms with Gasteiger partial charge in [-0.2, -0.15) is 0 Å². The zero-order chi connectivity index (χ0) is 17.5. The minimum absolute atomic E-state index is 0. The van der Waals surface area contributed by atoms with Crippen molar-refractivity contribution in [1.82, 2.24) is 0 Å². The topological polar surface area (TPSA) is 121 Å². The summed E-state index contributed by atoms with van der Waals surface area (Å²) in [6.07, 6.45) is 18.0. The van der Waals surface area contributed by atoms with Crippen molar-refractivity contribution in [1.29, 1.82) is 0 Å². The first-order valence-corrected chi connectivity index (χ1v) is 12.9. The van der Waals surface area contributed by atoms with Crippen molar-refractivity contribution in [2.24, 2.45) is 0 Å². The zero-order valence-electron chi connectivity index (χ0n) is 13.6. The summed E-state index contributed by atoms with van der Waals surface area (Å²) in [5, 5.41) is 0. The molecule has 2 rings (SSSR count). The molecular formula is C12H32O6P2S2Sn. The van der Waals surface area contributed by atoms with E-state index in [-0.39, 0.29) is 23.9 Å². The minimum atomic E-state index is -3.81. The Hall–Kier alpha value is 1.86. The Balaban J connectivity index is -0.000000230. The van der Waals surface area contributed by atoms with Gasteiger partial charge in [-0.05, 0) is 23.6 Å². The van der Waals surface area contributed by atoms with Gasteiger partial charge in [0.1, 0.15) is 0 Å². The molecule has 0 heterocycles.